The van der Waals surface area contributed by atoms with Gasteiger partial charge in [0.1, 0.15) is 24.2 Å². The van der Waals surface area contributed by atoms with Crippen LogP contribution in [0.5, 0.6) is 0 Å². The number of hydrogen-bond acceptors (Lipinski definition) is 6. The Labute approximate surface area is 183 Å². The summed E-state index contributed by atoms with van der Waals surface area (Å²) in [5.74, 6) is -0.556. The number of likely N-dealkylation sites (N-methyl/N-ethyl adjacent to an activating group) is 1. The van der Waals surface area contributed by atoms with Gasteiger partial charge in [-0.05, 0) is 39.6 Å². The molecule has 0 saturated heterocycles. The van der Waals surface area contributed by atoms with Crippen molar-refractivity contribution in [2.75, 3.05) is 20.2 Å². The van der Waals surface area contributed by atoms with Gasteiger partial charge < -0.3 is 4.74 Å². The number of carbonyl (C=O) groups excluding carboxylic acids is 2. The molecule has 32 heavy (non-hydrogen) atoms. The lowest BCUT2D eigenvalue weighted by atomic mass is 9.98. The molecule has 0 aliphatic heterocycles. The van der Waals surface area contributed by atoms with E-state index in [0.29, 0.717) is 11.0 Å². The van der Waals surface area contributed by atoms with Crippen LogP contribution in [0, 0.1) is 0 Å². The molecule has 160 valence electrons. The Morgan fingerprint density at radius 2 is 1.56 bits per heavy atom. The summed E-state index contributed by atoms with van der Waals surface area (Å²) >= 11 is 0. The molecule has 1 aliphatic carbocycles. The number of nitrogens with zero attached hydrogens (tertiary/aromatic N) is 4. The molecule has 1 aliphatic rings. The molecule has 0 N–H and O–H groups in total. The molecule has 8 heteroatoms. The summed E-state index contributed by atoms with van der Waals surface area (Å²) in [6.45, 7) is -0.0507. The van der Waals surface area contributed by atoms with Crippen LogP contribution in [0.4, 0.5) is 4.79 Å². The molecule has 0 bridgehead atoms. The van der Waals surface area contributed by atoms with Gasteiger partial charge in [-0.15, -0.1) is 5.10 Å². The number of fused-ring (bicyclic) bond motifs is 4. The Bertz CT molecular complexity index is 1270. The summed E-state index contributed by atoms with van der Waals surface area (Å²) in [7, 11) is 1.46. The number of esters is 1. The first-order valence-corrected chi connectivity index (χ1v) is 10.2. The van der Waals surface area contributed by atoms with Crippen molar-refractivity contribution in [3.8, 4) is 11.1 Å². The summed E-state index contributed by atoms with van der Waals surface area (Å²) in [6.07, 6.45) is -0.742. The predicted octanol–water partition coefficient (Wildman–Crippen LogP) is 3.27. The third-order valence-electron chi connectivity index (χ3n) is 5.54. The molecule has 5 rings (SSSR count). The minimum absolute atomic E-state index is 0.0369. The smallest absolute Gasteiger partial charge is 0.436 e. The molecule has 1 aromatic heterocycles. The molecule has 8 nitrogen and oxygen atoms in total. The highest BCUT2D eigenvalue weighted by Crippen LogP contribution is 2.44. The van der Waals surface area contributed by atoms with Gasteiger partial charge in [0.05, 0.1) is 0 Å². The Morgan fingerprint density at radius 1 is 0.938 bits per heavy atom. The molecule has 0 atom stereocenters. The molecule has 3 aromatic carbocycles. The zero-order valence-corrected chi connectivity index (χ0v) is 17.3. The maximum absolute atomic E-state index is 12.4. The zero-order chi connectivity index (χ0) is 22.1. The molecule has 0 radical (unpaired) electrons. The number of ether oxygens (including phenoxy) is 1. The van der Waals surface area contributed by atoms with Gasteiger partial charge in [-0.2, -0.15) is 0 Å². The number of hydrogen-bond donors (Lipinski definition) is 0. The largest absolute Gasteiger partial charge is 0.463 e. The first-order valence-electron chi connectivity index (χ1n) is 10.2. The molecule has 0 fully saturated rings. The second-order valence-corrected chi connectivity index (χ2v) is 7.57. The molecule has 4 aromatic rings. The number of aromatic nitrogens is 3. The van der Waals surface area contributed by atoms with Crippen molar-refractivity contribution in [2.45, 2.75) is 5.92 Å². The highest BCUT2D eigenvalue weighted by Gasteiger charge is 2.29. The van der Waals surface area contributed by atoms with Gasteiger partial charge >= 0.3 is 12.1 Å². The Kier molecular flexibility index (Phi) is 5.03. The van der Waals surface area contributed by atoms with E-state index < -0.39 is 12.1 Å². The van der Waals surface area contributed by atoms with E-state index in [2.05, 4.69) is 34.6 Å². The molecule has 0 spiro atoms. The van der Waals surface area contributed by atoms with Crippen molar-refractivity contribution >= 4 is 23.1 Å². The number of benzene rings is 3. The van der Waals surface area contributed by atoms with Crippen molar-refractivity contribution in [3.05, 3.63) is 83.9 Å². The van der Waals surface area contributed by atoms with Crippen LogP contribution in [0.1, 0.15) is 17.0 Å². The topological polar surface area (TPSA) is 86.5 Å². The van der Waals surface area contributed by atoms with Crippen LogP contribution in [-0.4, -0.2) is 52.3 Å². The first-order chi connectivity index (χ1) is 15.6. The second-order valence-electron chi connectivity index (χ2n) is 7.57. The monoisotopic (exact) mass is 428 g/mol. The highest BCUT2D eigenvalue weighted by molar-refractivity contribution is 5.81. The fourth-order valence-corrected chi connectivity index (χ4v) is 3.98. The molecular weight excluding hydrogens is 408 g/mol. The van der Waals surface area contributed by atoms with E-state index in [4.69, 9.17) is 9.57 Å². The average Bonchev–Trinajstić information content (AvgIpc) is 3.37. The van der Waals surface area contributed by atoms with E-state index in [1.807, 2.05) is 30.3 Å². The van der Waals surface area contributed by atoms with Gasteiger partial charge in [0.25, 0.3) is 0 Å². The SMILES string of the molecule is CN(CC(=O)OCC1c2ccccc2-c2ccccc21)C(=O)On1nnc2ccccc21. The number of carbonyl (C=O) groups is 2. The van der Waals surface area contributed by atoms with Crippen molar-refractivity contribution in [3.63, 3.8) is 0 Å². The van der Waals surface area contributed by atoms with Gasteiger partial charge in [0, 0.05) is 13.0 Å². The minimum atomic E-state index is -0.742. The van der Waals surface area contributed by atoms with Crippen LogP contribution in [-0.2, 0) is 9.53 Å². The highest BCUT2D eigenvalue weighted by atomic mass is 16.7. The van der Waals surface area contributed by atoms with E-state index in [-0.39, 0.29) is 19.1 Å². The van der Waals surface area contributed by atoms with Gasteiger partial charge in [0.2, 0.25) is 0 Å². The molecule has 0 saturated carbocycles. The maximum atomic E-state index is 12.4. The third-order valence-corrected chi connectivity index (χ3v) is 5.54. The van der Waals surface area contributed by atoms with Crippen LogP contribution in [0.3, 0.4) is 0 Å². The van der Waals surface area contributed by atoms with Crippen LogP contribution in [0.25, 0.3) is 22.2 Å². The second kappa shape index (κ2) is 8.14. The maximum Gasteiger partial charge on any atom is 0.436 e. The molecule has 0 unspecified atom stereocenters. The van der Waals surface area contributed by atoms with Crippen molar-refractivity contribution in [1.82, 2.24) is 20.1 Å². The van der Waals surface area contributed by atoms with Crippen molar-refractivity contribution < 1.29 is 19.2 Å². The minimum Gasteiger partial charge on any atom is -0.463 e. The summed E-state index contributed by atoms with van der Waals surface area (Å²) < 4.78 is 5.54. The fraction of sp³-hybridized carbons (Fsp3) is 0.167. The lowest BCUT2D eigenvalue weighted by molar-refractivity contribution is -0.144. The van der Waals surface area contributed by atoms with Crippen LogP contribution in [0.2, 0.25) is 0 Å². The molecule has 1 heterocycles. The van der Waals surface area contributed by atoms with Crippen LogP contribution < -0.4 is 4.84 Å². The summed E-state index contributed by atoms with van der Waals surface area (Å²) in [5, 5.41) is 7.74. The lowest BCUT2D eigenvalue weighted by Crippen LogP contribution is -2.38. The van der Waals surface area contributed by atoms with E-state index in [1.54, 1.807) is 18.2 Å². The van der Waals surface area contributed by atoms with Crippen LogP contribution in [0.15, 0.2) is 72.8 Å². The predicted molar refractivity (Wildman–Crippen MR) is 117 cm³/mol. The standard InChI is InChI=1S/C24H20N4O4/c1-27(24(30)32-28-22-13-7-6-12-21(22)25-26-28)14-23(29)31-15-20-18-10-4-2-8-16(18)17-9-3-5-11-19(17)20/h2-13,20H,14-15H2,1H3. The van der Waals surface area contributed by atoms with E-state index in [9.17, 15) is 9.59 Å². The van der Waals surface area contributed by atoms with Crippen molar-refractivity contribution in [2.24, 2.45) is 0 Å². The molecular formula is C24H20N4O4. The Balaban J connectivity index is 1.21. The third kappa shape index (κ3) is 3.56. The van der Waals surface area contributed by atoms with Gasteiger partial charge in [0.15, 0.2) is 0 Å². The number of amides is 1. The summed E-state index contributed by atoms with van der Waals surface area (Å²) in [4.78, 5) is 32.2. The first kappa shape index (κ1) is 19.7. The number of para-hydroxylation sites is 1. The van der Waals surface area contributed by atoms with Gasteiger partial charge in [-0.1, -0.05) is 65.5 Å². The number of rotatable bonds is 5. The van der Waals surface area contributed by atoms with E-state index in [0.717, 1.165) is 32.0 Å². The fourth-order valence-electron chi connectivity index (χ4n) is 3.98. The van der Waals surface area contributed by atoms with Crippen molar-refractivity contribution in [1.29, 1.82) is 0 Å². The Hall–Kier alpha value is -4.20. The summed E-state index contributed by atoms with van der Waals surface area (Å²) in [6, 6.07) is 23.3. The zero-order valence-electron chi connectivity index (χ0n) is 17.3. The summed E-state index contributed by atoms with van der Waals surface area (Å²) in [5.41, 5.74) is 5.73. The quantitative estimate of drug-likeness (QED) is 0.358. The Morgan fingerprint density at radius 3 is 2.28 bits per heavy atom. The molecule has 1 amide bonds. The van der Waals surface area contributed by atoms with Crippen LogP contribution >= 0.6 is 0 Å². The van der Waals surface area contributed by atoms with Gasteiger partial charge in [-0.25, -0.2) is 4.79 Å². The van der Waals surface area contributed by atoms with Gasteiger partial charge in [-0.3, -0.25) is 14.5 Å². The normalized spacial score (nSPS) is 12.3. The lowest BCUT2D eigenvalue weighted by Gasteiger charge is -2.17. The van der Waals surface area contributed by atoms with E-state index in [1.165, 1.54) is 7.05 Å². The van der Waals surface area contributed by atoms with E-state index >= 15 is 0 Å². The average molecular weight is 428 g/mol.